The standard InChI is InChI=1S/C18H20ClFN2O3S2/c19-17-7-3-15(26-17)4-8-18(23)22-11-9-14(10-12-22)21-27(24,25)16-5-1-13(20)2-6-16/h1-3,5-7,14,21H,4,8-12H2. The summed E-state index contributed by atoms with van der Waals surface area (Å²) in [6.07, 6.45) is 2.18. The number of nitrogens with one attached hydrogen (secondary N) is 1. The number of carbonyl (C=O) groups is 1. The van der Waals surface area contributed by atoms with Gasteiger partial charge in [-0.2, -0.15) is 0 Å². The molecule has 1 aromatic heterocycles. The molecule has 1 aliphatic rings. The SMILES string of the molecule is O=C(CCc1ccc(Cl)s1)N1CCC(NS(=O)(=O)c2ccc(F)cc2)CC1. The van der Waals surface area contributed by atoms with Gasteiger partial charge in [0, 0.05) is 30.4 Å². The van der Waals surface area contributed by atoms with Crippen molar-refractivity contribution in [3.8, 4) is 0 Å². The van der Waals surface area contributed by atoms with Gasteiger partial charge >= 0.3 is 0 Å². The van der Waals surface area contributed by atoms with Gasteiger partial charge in [-0.15, -0.1) is 11.3 Å². The highest BCUT2D eigenvalue weighted by molar-refractivity contribution is 7.89. The summed E-state index contributed by atoms with van der Waals surface area (Å²) in [5.41, 5.74) is 0. The number of rotatable bonds is 6. The van der Waals surface area contributed by atoms with Gasteiger partial charge in [-0.3, -0.25) is 4.79 Å². The summed E-state index contributed by atoms with van der Waals surface area (Å²) in [6.45, 7) is 1.03. The van der Waals surface area contributed by atoms with Crippen molar-refractivity contribution in [1.29, 1.82) is 0 Å². The third kappa shape index (κ3) is 5.51. The zero-order chi connectivity index (χ0) is 19.4. The molecule has 1 aromatic carbocycles. The summed E-state index contributed by atoms with van der Waals surface area (Å²) >= 11 is 7.37. The fourth-order valence-corrected chi connectivity index (χ4v) is 5.41. The summed E-state index contributed by atoms with van der Waals surface area (Å²) < 4.78 is 41.1. The fourth-order valence-electron chi connectivity index (χ4n) is 3.02. The largest absolute Gasteiger partial charge is 0.343 e. The third-order valence-electron chi connectivity index (χ3n) is 4.51. The van der Waals surface area contributed by atoms with Gasteiger partial charge in [0.2, 0.25) is 15.9 Å². The molecule has 0 unspecified atom stereocenters. The van der Waals surface area contributed by atoms with E-state index in [2.05, 4.69) is 4.72 Å². The summed E-state index contributed by atoms with van der Waals surface area (Å²) in [7, 11) is -3.69. The van der Waals surface area contributed by atoms with Crippen LogP contribution in [0.5, 0.6) is 0 Å². The van der Waals surface area contributed by atoms with Gasteiger partial charge in [0.1, 0.15) is 5.82 Å². The van der Waals surface area contributed by atoms with E-state index in [4.69, 9.17) is 11.6 Å². The third-order valence-corrected chi connectivity index (χ3v) is 7.33. The van der Waals surface area contributed by atoms with Crippen LogP contribution >= 0.6 is 22.9 Å². The van der Waals surface area contributed by atoms with Crippen LogP contribution in [0.3, 0.4) is 0 Å². The Kier molecular flexibility index (Phi) is 6.52. The average Bonchev–Trinajstić information content (AvgIpc) is 3.06. The Morgan fingerprint density at radius 1 is 1.19 bits per heavy atom. The number of carbonyl (C=O) groups excluding carboxylic acids is 1. The van der Waals surface area contributed by atoms with Crippen molar-refractivity contribution < 1.29 is 17.6 Å². The van der Waals surface area contributed by atoms with E-state index < -0.39 is 15.8 Å². The quantitative estimate of drug-likeness (QED) is 0.763. The van der Waals surface area contributed by atoms with E-state index in [1.807, 2.05) is 12.1 Å². The maximum Gasteiger partial charge on any atom is 0.240 e. The molecule has 5 nitrogen and oxygen atoms in total. The smallest absolute Gasteiger partial charge is 0.240 e. The summed E-state index contributed by atoms with van der Waals surface area (Å²) in [6, 6.07) is 8.25. The molecule has 0 aliphatic carbocycles. The number of nitrogens with zero attached hydrogens (tertiary/aromatic N) is 1. The molecule has 146 valence electrons. The van der Waals surface area contributed by atoms with Gasteiger partial charge in [-0.1, -0.05) is 11.6 Å². The highest BCUT2D eigenvalue weighted by atomic mass is 35.5. The first-order chi connectivity index (χ1) is 12.8. The summed E-state index contributed by atoms with van der Waals surface area (Å²) in [4.78, 5) is 15.2. The molecule has 0 bridgehead atoms. The van der Waals surface area contributed by atoms with E-state index in [9.17, 15) is 17.6 Å². The molecule has 1 aliphatic heterocycles. The molecule has 0 spiro atoms. The zero-order valence-corrected chi connectivity index (χ0v) is 16.9. The van der Waals surface area contributed by atoms with Gasteiger partial charge in [0.05, 0.1) is 9.23 Å². The first-order valence-electron chi connectivity index (χ1n) is 8.63. The topological polar surface area (TPSA) is 66.5 Å². The molecule has 3 rings (SSSR count). The molecule has 1 amide bonds. The molecule has 27 heavy (non-hydrogen) atoms. The van der Waals surface area contributed by atoms with E-state index >= 15 is 0 Å². The second kappa shape index (κ2) is 8.68. The van der Waals surface area contributed by atoms with Crippen LogP contribution in [0, 0.1) is 5.82 Å². The minimum atomic E-state index is -3.69. The minimum absolute atomic E-state index is 0.0389. The molecular weight excluding hydrogens is 411 g/mol. The molecule has 0 saturated carbocycles. The average molecular weight is 431 g/mol. The number of aryl methyl sites for hydroxylation is 1. The predicted molar refractivity (Wildman–Crippen MR) is 104 cm³/mol. The van der Waals surface area contributed by atoms with Crippen LogP contribution in [0.4, 0.5) is 4.39 Å². The van der Waals surface area contributed by atoms with Crippen molar-refractivity contribution in [3.05, 3.63) is 51.4 Å². The Labute approximate surface area is 167 Å². The van der Waals surface area contributed by atoms with E-state index in [0.717, 1.165) is 17.0 Å². The Bertz CT molecular complexity index is 892. The monoisotopic (exact) mass is 430 g/mol. The van der Waals surface area contributed by atoms with Crippen LogP contribution in [0.25, 0.3) is 0 Å². The molecule has 1 saturated heterocycles. The maximum absolute atomic E-state index is 13.0. The van der Waals surface area contributed by atoms with E-state index in [-0.39, 0.29) is 16.8 Å². The maximum atomic E-state index is 13.0. The number of sulfonamides is 1. The van der Waals surface area contributed by atoms with Gasteiger partial charge in [-0.25, -0.2) is 17.5 Å². The Balaban J connectivity index is 1.48. The van der Waals surface area contributed by atoms with E-state index in [1.54, 1.807) is 4.90 Å². The number of halogens is 2. The molecule has 9 heteroatoms. The zero-order valence-electron chi connectivity index (χ0n) is 14.5. The van der Waals surface area contributed by atoms with E-state index in [0.29, 0.717) is 43.1 Å². The Morgan fingerprint density at radius 3 is 2.44 bits per heavy atom. The van der Waals surface area contributed by atoms with Crippen LogP contribution in [0.15, 0.2) is 41.3 Å². The number of hydrogen-bond acceptors (Lipinski definition) is 4. The lowest BCUT2D eigenvalue weighted by Crippen LogP contribution is -2.46. The van der Waals surface area contributed by atoms with E-state index in [1.165, 1.54) is 23.5 Å². The highest BCUT2D eigenvalue weighted by Crippen LogP contribution is 2.23. The lowest BCUT2D eigenvalue weighted by atomic mass is 10.1. The van der Waals surface area contributed by atoms with Crippen LogP contribution in [0.1, 0.15) is 24.1 Å². The Hall–Kier alpha value is -1.48. The minimum Gasteiger partial charge on any atom is -0.343 e. The Morgan fingerprint density at radius 2 is 1.85 bits per heavy atom. The number of hydrogen-bond donors (Lipinski definition) is 1. The number of piperidine rings is 1. The lowest BCUT2D eigenvalue weighted by Gasteiger charge is -2.32. The molecule has 1 N–H and O–H groups in total. The first-order valence-corrected chi connectivity index (χ1v) is 11.3. The van der Waals surface area contributed by atoms with Crippen LogP contribution < -0.4 is 4.72 Å². The van der Waals surface area contributed by atoms with Gasteiger partial charge < -0.3 is 4.90 Å². The molecule has 2 heterocycles. The van der Waals surface area contributed by atoms with Crippen molar-refractivity contribution in [1.82, 2.24) is 9.62 Å². The van der Waals surface area contributed by atoms with Crippen molar-refractivity contribution in [3.63, 3.8) is 0 Å². The molecule has 0 atom stereocenters. The van der Waals surface area contributed by atoms with Gasteiger partial charge in [-0.05, 0) is 55.7 Å². The second-order valence-corrected chi connectivity index (χ2v) is 9.95. The second-order valence-electron chi connectivity index (χ2n) is 6.44. The number of amides is 1. The number of likely N-dealkylation sites (tertiary alicyclic amines) is 1. The number of benzene rings is 1. The highest BCUT2D eigenvalue weighted by Gasteiger charge is 2.26. The summed E-state index contributed by atoms with van der Waals surface area (Å²) in [5.74, 6) is -0.412. The molecule has 2 aromatic rings. The van der Waals surface area contributed by atoms with Gasteiger partial charge in [0.25, 0.3) is 0 Å². The van der Waals surface area contributed by atoms with Crippen molar-refractivity contribution in [2.24, 2.45) is 0 Å². The first kappa shape index (κ1) is 20.3. The van der Waals surface area contributed by atoms with Crippen molar-refractivity contribution >= 4 is 38.9 Å². The van der Waals surface area contributed by atoms with Crippen molar-refractivity contribution in [2.75, 3.05) is 13.1 Å². The number of thiophene rings is 1. The predicted octanol–water partition coefficient (Wildman–Crippen LogP) is 3.44. The van der Waals surface area contributed by atoms with Crippen LogP contribution in [-0.2, 0) is 21.2 Å². The molecular formula is C18H20ClFN2O3S2. The van der Waals surface area contributed by atoms with Crippen LogP contribution in [-0.4, -0.2) is 38.4 Å². The summed E-state index contributed by atoms with van der Waals surface area (Å²) in [5, 5.41) is 0. The van der Waals surface area contributed by atoms with Crippen molar-refractivity contribution in [2.45, 2.75) is 36.6 Å². The molecule has 1 fully saturated rings. The lowest BCUT2D eigenvalue weighted by molar-refractivity contribution is -0.132. The van der Waals surface area contributed by atoms with Crippen LogP contribution in [0.2, 0.25) is 4.34 Å². The normalized spacial score (nSPS) is 15.9. The van der Waals surface area contributed by atoms with Gasteiger partial charge in [0.15, 0.2) is 0 Å². The fraction of sp³-hybridized carbons (Fsp3) is 0.389. The molecule has 0 radical (unpaired) electrons.